The molecule has 0 aliphatic heterocycles. The molecule has 2 aromatic heterocycles. The second-order valence-electron chi connectivity index (χ2n) is 6.89. The van der Waals surface area contributed by atoms with Crippen molar-refractivity contribution < 1.29 is 23.7 Å². The minimum absolute atomic E-state index is 0.407. The lowest BCUT2D eigenvalue weighted by molar-refractivity contribution is 0.324. The number of methoxy groups -OCH3 is 5. The first-order valence-electron chi connectivity index (χ1n) is 9.87. The molecule has 10 nitrogen and oxygen atoms in total. The Balaban J connectivity index is 1.91. The molecule has 0 aliphatic rings. The van der Waals surface area contributed by atoms with E-state index in [2.05, 4.69) is 21.5 Å². The zero-order chi connectivity index (χ0) is 23.5. The highest BCUT2D eigenvalue weighted by molar-refractivity contribution is 5.83. The average Bonchev–Trinajstić information content (AvgIpc) is 3.42. The minimum Gasteiger partial charge on any atom is -0.493 e. The quantitative estimate of drug-likeness (QED) is 0.415. The van der Waals surface area contributed by atoms with E-state index in [1.807, 2.05) is 24.3 Å². The number of nitrogens with one attached hydrogen (secondary N) is 2. The maximum absolute atomic E-state index is 9.51. The van der Waals surface area contributed by atoms with E-state index in [-0.39, 0.29) is 0 Å². The van der Waals surface area contributed by atoms with Gasteiger partial charge in [0.25, 0.3) is 0 Å². The van der Waals surface area contributed by atoms with Gasteiger partial charge in [-0.15, -0.1) is 0 Å². The van der Waals surface area contributed by atoms with Crippen molar-refractivity contribution in [2.75, 3.05) is 40.9 Å². The maximum atomic E-state index is 9.51. The van der Waals surface area contributed by atoms with Crippen molar-refractivity contribution in [1.82, 2.24) is 14.6 Å². The SMILES string of the molecule is COc1ccc(Nc2c(-c3cc(OC)c(OC)c(OC)c3)[nH]c3c(C#N)cnn23)cc1OC. The van der Waals surface area contributed by atoms with Crippen LogP contribution in [0.5, 0.6) is 28.7 Å². The molecule has 0 amide bonds. The van der Waals surface area contributed by atoms with E-state index in [4.69, 9.17) is 23.7 Å². The van der Waals surface area contributed by atoms with Crippen LogP contribution in [0.4, 0.5) is 11.5 Å². The molecule has 4 aromatic rings. The molecule has 0 aliphatic carbocycles. The van der Waals surface area contributed by atoms with Crippen LogP contribution in [0.15, 0.2) is 36.5 Å². The molecular weight excluding hydrogens is 426 g/mol. The minimum atomic E-state index is 0.407. The van der Waals surface area contributed by atoms with Gasteiger partial charge in [0, 0.05) is 17.3 Å². The summed E-state index contributed by atoms with van der Waals surface area (Å²) in [5, 5.41) is 17.3. The molecular formula is C23H23N5O5. The molecule has 0 bridgehead atoms. The summed E-state index contributed by atoms with van der Waals surface area (Å²) in [6.45, 7) is 0. The second kappa shape index (κ2) is 8.92. The van der Waals surface area contributed by atoms with E-state index < -0.39 is 0 Å². The van der Waals surface area contributed by atoms with Crippen LogP contribution in [-0.2, 0) is 0 Å². The van der Waals surface area contributed by atoms with Crippen LogP contribution in [0.3, 0.4) is 0 Å². The monoisotopic (exact) mass is 449 g/mol. The molecule has 33 heavy (non-hydrogen) atoms. The summed E-state index contributed by atoms with van der Waals surface area (Å²) in [4.78, 5) is 3.30. The maximum Gasteiger partial charge on any atom is 0.203 e. The zero-order valence-electron chi connectivity index (χ0n) is 18.8. The Kier molecular flexibility index (Phi) is 5.87. The lowest BCUT2D eigenvalue weighted by Crippen LogP contribution is -2.00. The van der Waals surface area contributed by atoms with Gasteiger partial charge < -0.3 is 34.0 Å². The highest BCUT2D eigenvalue weighted by Gasteiger charge is 2.21. The smallest absolute Gasteiger partial charge is 0.203 e. The van der Waals surface area contributed by atoms with Crippen molar-refractivity contribution in [1.29, 1.82) is 5.26 Å². The van der Waals surface area contributed by atoms with Gasteiger partial charge in [0.2, 0.25) is 5.75 Å². The third-order valence-corrected chi connectivity index (χ3v) is 5.18. The topological polar surface area (TPSA) is 115 Å². The number of rotatable bonds is 8. The fraction of sp³-hybridized carbons (Fsp3) is 0.217. The third kappa shape index (κ3) is 3.70. The molecule has 2 N–H and O–H groups in total. The van der Waals surface area contributed by atoms with E-state index in [1.165, 1.54) is 6.20 Å². The van der Waals surface area contributed by atoms with Crippen molar-refractivity contribution in [2.24, 2.45) is 0 Å². The van der Waals surface area contributed by atoms with Crippen LogP contribution < -0.4 is 29.0 Å². The van der Waals surface area contributed by atoms with E-state index >= 15 is 0 Å². The lowest BCUT2D eigenvalue weighted by atomic mass is 10.1. The van der Waals surface area contributed by atoms with Gasteiger partial charge in [-0.1, -0.05) is 0 Å². The molecule has 170 valence electrons. The number of benzene rings is 2. The number of ether oxygens (including phenoxy) is 5. The molecule has 0 saturated carbocycles. The van der Waals surface area contributed by atoms with Gasteiger partial charge in [-0.25, -0.2) is 0 Å². The molecule has 0 saturated heterocycles. The summed E-state index contributed by atoms with van der Waals surface area (Å²) in [7, 11) is 7.81. The van der Waals surface area contributed by atoms with Gasteiger partial charge in [0.15, 0.2) is 34.5 Å². The van der Waals surface area contributed by atoms with Crippen LogP contribution >= 0.6 is 0 Å². The first-order valence-corrected chi connectivity index (χ1v) is 9.87. The summed E-state index contributed by atoms with van der Waals surface area (Å²) in [6, 6.07) is 11.3. The van der Waals surface area contributed by atoms with Gasteiger partial charge in [-0.2, -0.15) is 14.9 Å². The van der Waals surface area contributed by atoms with Gasteiger partial charge in [-0.05, 0) is 24.3 Å². The molecule has 0 unspecified atom stereocenters. The first-order chi connectivity index (χ1) is 16.1. The molecule has 0 spiro atoms. The number of anilines is 2. The Morgan fingerprint density at radius 2 is 1.55 bits per heavy atom. The average molecular weight is 449 g/mol. The van der Waals surface area contributed by atoms with Crippen LogP contribution in [0.2, 0.25) is 0 Å². The van der Waals surface area contributed by atoms with E-state index in [1.54, 1.807) is 46.1 Å². The fourth-order valence-electron chi connectivity index (χ4n) is 3.60. The van der Waals surface area contributed by atoms with Crippen molar-refractivity contribution >= 4 is 17.2 Å². The standard InChI is InChI=1S/C23H23N5O5/c1-29-16-7-6-15(10-17(16)30-2)26-23-20(27-22-14(11-24)12-25-28(22)23)13-8-18(31-3)21(33-5)19(9-13)32-4/h6-10,12,26-27H,1-5H3. The van der Waals surface area contributed by atoms with Crippen LogP contribution in [0.25, 0.3) is 16.9 Å². The van der Waals surface area contributed by atoms with E-state index in [0.717, 1.165) is 11.3 Å². The third-order valence-electron chi connectivity index (χ3n) is 5.18. The zero-order valence-corrected chi connectivity index (χ0v) is 18.8. The lowest BCUT2D eigenvalue weighted by Gasteiger charge is -2.15. The Labute approximate surface area is 190 Å². The number of H-pyrrole nitrogens is 1. The highest BCUT2D eigenvalue weighted by Crippen LogP contribution is 2.43. The summed E-state index contributed by atoms with van der Waals surface area (Å²) in [5.74, 6) is 3.26. The summed E-state index contributed by atoms with van der Waals surface area (Å²) in [6.07, 6.45) is 1.50. The largest absolute Gasteiger partial charge is 0.493 e. The number of nitrogens with zero attached hydrogens (tertiary/aromatic N) is 3. The van der Waals surface area contributed by atoms with Gasteiger partial charge in [0.05, 0.1) is 47.4 Å². The Morgan fingerprint density at radius 1 is 0.879 bits per heavy atom. The Morgan fingerprint density at radius 3 is 2.12 bits per heavy atom. The molecule has 2 heterocycles. The highest BCUT2D eigenvalue weighted by atomic mass is 16.5. The molecule has 4 rings (SSSR count). The predicted molar refractivity (Wildman–Crippen MR) is 122 cm³/mol. The van der Waals surface area contributed by atoms with Crippen molar-refractivity contribution in [3.8, 4) is 46.1 Å². The summed E-state index contributed by atoms with van der Waals surface area (Å²) in [5.41, 5.74) is 3.09. The van der Waals surface area contributed by atoms with Crippen LogP contribution in [0, 0.1) is 11.3 Å². The van der Waals surface area contributed by atoms with Gasteiger partial charge >= 0.3 is 0 Å². The normalized spacial score (nSPS) is 10.5. The number of fused-ring (bicyclic) bond motifs is 1. The number of hydrogen-bond donors (Lipinski definition) is 2. The molecule has 0 atom stereocenters. The number of aromatic amines is 1. The number of imidazole rings is 1. The molecule has 0 fully saturated rings. The van der Waals surface area contributed by atoms with Crippen molar-refractivity contribution in [2.45, 2.75) is 0 Å². The van der Waals surface area contributed by atoms with E-state index in [9.17, 15) is 5.26 Å². The van der Waals surface area contributed by atoms with Gasteiger partial charge in [0.1, 0.15) is 11.6 Å². The number of nitriles is 1. The molecule has 2 aromatic carbocycles. The van der Waals surface area contributed by atoms with Gasteiger partial charge in [-0.3, -0.25) is 0 Å². The Hall–Kier alpha value is -4.52. The molecule has 10 heteroatoms. The predicted octanol–water partition coefficient (Wildman–Crippen LogP) is 3.99. The molecule has 0 radical (unpaired) electrons. The fourth-order valence-corrected chi connectivity index (χ4v) is 3.60. The van der Waals surface area contributed by atoms with Crippen molar-refractivity contribution in [3.05, 3.63) is 42.1 Å². The van der Waals surface area contributed by atoms with Crippen molar-refractivity contribution in [3.63, 3.8) is 0 Å². The number of hydrogen-bond acceptors (Lipinski definition) is 8. The Bertz CT molecular complexity index is 1330. The van der Waals surface area contributed by atoms with Crippen LogP contribution in [0.1, 0.15) is 5.56 Å². The van der Waals surface area contributed by atoms with Crippen LogP contribution in [-0.4, -0.2) is 50.1 Å². The van der Waals surface area contributed by atoms with E-state index in [0.29, 0.717) is 51.5 Å². The first kappa shape index (κ1) is 21.7. The number of aromatic nitrogens is 3. The summed E-state index contributed by atoms with van der Waals surface area (Å²) < 4.78 is 28.8. The summed E-state index contributed by atoms with van der Waals surface area (Å²) >= 11 is 0. The second-order valence-corrected chi connectivity index (χ2v) is 6.89.